The summed E-state index contributed by atoms with van der Waals surface area (Å²) < 4.78 is 26.2. The number of para-hydroxylation sites is 1. The molecule has 0 aliphatic carbocycles. The maximum Gasteiger partial charge on any atom is 0.273 e. The lowest BCUT2D eigenvalue weighted by Gasteiger charge is -2.19. The van der Waals surface area contributed by atoms with E-state index in [9.17, 15) is 18.5 Å². The zero-order valence-corrected chi connectivity index (χ0v) is 11.4. The molecule has 1 N–H and O–H groups in total. The first-order chi connectivity index (χ1) is 8.67. The second-order valence-corrected chi connectivity index (χ2v) is 6.24. The highest BCUT2D eigenvalue weighted by Gasteiger charge is 2.25. The topological polar surface area (TPSA) is 89.3 Å². The fourth-order valence-electron chi connectivity index (χ4n) is 1.47. The molecule has 0 saturated carbocycles. The second-order valence-electron chi connectivity index (χ2n) is 4.52. The summed E-state index contributed by atoms with van der Waals surface area (Å²) >= 11 is 0. The molecule has 1 aromatic rings. The van der Waals surface area contributed by atoms with Crippen LogP contribution in [0.5, 0.6) is 0 Å². The fourth-order valence-corrected chi connectivity index (χ4v) is 3.03. The lowest BCUT2D eigenvalue weighted by Crippen LogP contribution is -2.42. The number of nitro benzene ring substituents is 1. The Morgan fingerprint density at radius 3 is 2.53 bits per heavy atom. The van der Waals surface area contributed by atoms with E-state index in [4.69, 9.17) is 6.42 Å². The van der Waals surface area contributed by atoms with Gasteiger partial charge < -0.3 is 0 Å². The first kappa shape index (κ1) is 15.1. The lowest BCUT2D eigenvalue weighted by molar-refractivity contribution is -0.385. The van der Waals surface area contributed by atoms with Gasteiger partial charge in [-0.25, -0.2) is 8.42 Å². The minimum absolute atomic E-state index is 0.118. The number of nitro groups is 1. The normalized spacial score (nSPS) is 11.8. The standard InChI is InChI=1S/C12H14N2O4S/c1-4-12(2,3)13-19(17,18)9-10-7-5-6-8-11(10)14(15)16/h1,5-8,13H,9H2,2-3H3. The van der Waals surface area contributed by atoms with Gasteiger partial charge in [0, 0.05) is 11.6 Å². The Hall–Kier alpha value is -1.91. The molecule has 0 spiro atoms. The number of nitrogens with one attached hydrogen (secondary N) is 1. The van der Waals surface area contributed by atoms with Crippen LogP contribution in [-0.2, 0) is 15.8 Å². The molecule has 6 nitrogen and oxygen atoms in total. The summed E-state index contributed by atoms with van der Waals surface area (Å²) in [6.07, 6.45) is 5.20. The highest BCUT2D eigenvalue weighted by Crippen LogP contribution is 2.20. The van der Waals surface area contributed by atoms with Crippen molar-refractivity contribution < 1.29 is 13.3 Å². The quantitative estimate of drug-likeness (QED) is 0.502. The maximum absolute atomic E-state index is 11.9. The number of nitrogens with zero attached hydrogens (tertiary/aromatic N) is 1. The fraction of sp³-hybridized carbons (Fsp3) is 0.333. The van der Waals surface area contributed by atoms with E-state index < -0.39 is 26.2 Å². The molecular formula is C12H14N2O4S. The Labute approximate surface area is 112 Å². The van der Waals surface area contributed by atoms with Crippen LogP contribution in [0.25, 0.3) is 0 Å². The van der Waals surface area contributed by atoms with E-state index in [0.29, 0.717) is 0 Å². The van der Waals surface area contributed by atoms with Crippen LogP contribution in [0.2, 0.25) is 0 Å². The van der Waals surface area contributed by atoms with Gasteiger partial charge in [0.05, 0.1) is 16.2 Å². The van der Waals surface area contributed by atoms with E-state index >= 15 is 0 Å². The van der Waals surface area contributed by atoms with Crippen molar-refractivity contribution in [1.82, 2.24) is 4.72 Å². The zero-order valence-electron chi connectivity index (χ0n) is 10.6. The van der Waals surface area contributed by atoms with Crippen LogP contribution in [0.1, 0.15) is 19.4 Å². The smallest absolute Gasteiger partial charge is 0.258 e. The van der Waals surface area contributed by atoms with Crippen molar-refractivity contribution in [2.24, 2.45) is 0 Å². The summed E-state index contributed by atoms with van der Waals surface area (Å²) in [5.74, 6) is 1.81. The van der Waals surface area contributed by atoms with Crippen LogP contribution >= 0.6 is 0 Å². The van der Waals surface area contributed by atoms with Gasteiger partial charge in [-0.1, -0.05) is 24.1 Å². The van der Waals surface area contributed by atoms with E-state index in [0.717, 1.165) is 0 Å². The van der Waals surface area contributed by atoms with Crippen molar-refractivity contribution >= 4 is 15.7 Å². The van der Waals surface area contributed by atoms with Gasteiger partial charge in [-0.2, -0.15) is 4.72 Å². The van der Waals surface area contributed by atoms with Crippen molar-refractivity contribution in [2.75, 3.05) is 0 Å². The van der Waals surface area contributed by atoms with Crippen molar-refractivity contribution in [3.8, 4) is 12.3 Å². The third-order valence-corrected chi connectivity index (χ3v) is 3.82. The van der Waals surface area contributed by atoms with Gasteiger partial charge in [0.1, 0.15) is 0 Å². The molecule has 1 aromatic carbocycles. The molecule has 0 heterocycles. The molecule has 102 valence electrons. The molecule has 0 atom stereocenters. The van der Waals surface area contributed by atoms with Crippen LogP contribution in [0.3, 0.4) is 0 Å². The van der Waals surface area contributed by atoms with Gasteiger partial charge in [-0.05, 0) is 13.8 Å². The number of sulfonamides is 1. The summed E-state index contributed by atoms with van der Waals surface area (Å²) in [5.41, 5.74) is -1.15. The average molecular weight is 282 g/mol. The number of hydrogen-bond acceptors (Lipinski definition) is 4. The Morgan fingerprint density at radius 1 is 1.42 bits per heavy atom. The van der Waals surface area contributed by atoms with E-state index in [1.807, 2.05) is 0 Å². The van der Waals surface area contributed by atoms with Gasteiger partial charge in [-0.3, -0.25) is 10.1 Å². The second kappa shape index (κ2) is 5.38. The van der Waals surface area contributed by atoms with Crippen molar-refractivity contribution in [3.63, 3.8) is 0 Å². The van der Waals surface area contributed by atoms with E-state index in [1.54, 1.807) is 6.07 Å². The van der Waals surface area contributed by atoms with Crippen molar-refractivity contribution in [2.45, 2.75) is 25.1 Å². The minimum atomic E-state index is -3.76. The molecule has 19 heavy (non-hydrogen) atoms. The van der Waals surface area contributed by atoms with Crippen LogP contribution < -0.4 is 4.72 Å². The van der Waals surface area contributed by atoms with E-state index in [-0.39, 0.29) is 11.3 Å². The van der Waals surface area contributed by atoms with Crippen LogP contribution in [0.15, 0.2) is 24.3 Å². The van der Waals surface area contributed by atoms with E-state index in [2.05, 4.69) is 10.6 Å². The highest BCUT2D eigenvalue weighted by atomic mass is 32.2. The van der Waals surface area contributed by atoms with Gasteiger partial charge >= 0.3 is 0 Å². The number of benzene rings is 1. The monoisotopic (exact) mass is 282 g/mol. The Balaban J connectivity index is 3.04. The van der Waals surface area contributed by atoms with Crippen LogP contribution in [0.4, 0.5) is 5.69 Å². The van der Waals surface area contributed by atoms with Crippen LogP contribution in [-0.4, -0.2) is 18.9 Å². The van der Waals surface area contributed by atoms with Gasteiger partial charge in [-0.15, -0.1) is 6.42 Å². The zero-order chi connectivity index (χ0) is 14.7. The first-order valence-electron chi connectivity index (χ1n) is 5.38. The molecule has 0 bridgehead atoms. The molecular weight excluding hydrogens is 268 g/mol. The van der Waals surface area contributed by atoms with Gasteiger partial charge in [0.2, 0.25) is 10.0 Å². The predicted molar refractivity (Wildman–Crippen MR) is 71.8 cm³/mol. The first-order valence-corrected chi connectivity index (χ1v) is 7.04. The molecule has 0 fully saturated rings. The molecule has 0 radical (unpaired) electrons. The number of terminal acetylenes is 1. The molecule has 0 aliphatic rings. The Bertz CT molecular complexity index is 629. The molecule has 0 amide bonds. The van der Waals surface area contributed by atoms with E-state index in [1.165, 1.54) is 32.0 Å². The van der Waals surface area contributed by atoms with Crippen LogP contribution in [0, 0.1) is 22.5 Å². The third kappa shape index (κ3) is 4.35. The third-order valence-electron chi connectivity index (χ3n) is 2.31. The largest absolute Gasteiger partial charge is 0.273 e. The number of hydrogen-bond donors (Lipinski definition) is 1. The molecule has 0 aliphatic heterocycles. The van der Waals surface area contributed by atoms with Gasteiger partial charge in [0.25, 0.3) is 5.69 Å². The Kier molecular flexibility index (Phi) is 4.29. The highest BCUT2D eigenvalue weighted by molar-refractivity contribution is 7.88. The van der Waals surface area contributed by atoms with Crippen molar-refractivity contribution in [1.29, 1.82) is 0 Å². The minimum Gasteiger partial charge on any atom is -0.258 e. The van der Waals surface area contributed by atoms with Gasteiger partial charge in [0.15, 0.2) is 0 Å². The number of rotatable bonds is 5. The molecule has 0 aromatic heterocycles. The molecule has 0 unspecified atom stereocenters. The molecule has 7 heteroatoms. The average Bonchev–Trinajstić information content (AvgIpc) is 2.27. The Morgan fingerprint density at radius 2 is 2.00 bits per heavy atom. The van der Waals surface area contributed by atoms with Crippen molar-refractivity contribution in [3.05, 3.63) is 39.9 Å². The SMILES string of the molecule is C#CC(C)(C)NS(=O)(=O)Cc1ccccc1[N+](=O)[O-]. The summed E-state index contributed by atoms with van der Waals surface area (Å²) in [6.45, 7) is 3.06. The maximum atomic E-state index is 11.9. The lowest BCUT2D eigenvalue weighted by atomic mass is 10.1. The summed E-state index contributed by atoms with van der Waals surface area (Å²) in [7, 11) is -3.76. The molecule has 0 saturated heterocycles. The summed E-state index contributed by atoms with van der Waals surface area (Å²) in [4.78, 5) is 10.2. The molecule has 1 rings (SSSR count). The summed E-state index contributed by atoms with van der Waals surface area (Å²) in [6, 6.07) is 5.69. The summed E-state index contributed by atoms with van der Waals surface area (Å²) in [5, 5.41) is 10.8. The predicted octanol–water partition coefficient (Wildman–Crippen LogP) is 1.43.